The molecule has 0 spiro atoms. The summed E-state index contributed by atoms with van der Waals surface area (Å²) in [4.78, 5) is 11.7. The van der Waals surface area contributed by atoms with E-state index in [0.717, 1.165) is 17.1 Å². The zero-order valence-electron chi connectivity index (χ0n) is 11.6. The molecule has 1 aliphatic heterocycles. The van der Waals surface area contributed by atoms with Crippen molar-refractivity contribution < 1.29 is 19.0 Å². The molecule has 0 radical (unpaired) electrons. The summed E-state index contributed by atoms with van der Waals surface area (Å²) in [5, 5.41) is 3.24. The Balaban J connectivity index is 2.12. The van der Waals surface area contributed by atoms with Crippen LogP contribution in [-0.2, 0) is 9.53 Å². The molecule has 0 aliphatic carbocycles. The van der Waals surface area contributed by atoms with Gasteiger partial charge >= 0.3 is 5.97 Å². The highest BCUT2D eigenvalue weighted by atomic mass is 16.7. The average molecular weight is 265 g/mol. The molecule has 0 bridgehead atoms. The Morgan fingerprint density at radius 1 is 1.37 bits per heavy atom. The van der Waals surface area contributed by atoms with Crippen molar-refractivity contribution in [3.8, 4) is 11.5 Å². The second-order valence-electron chi connectivity index (χ2n) is 5.10. The van der Waals surface area contributed by atoms with E-state index in [1.54, 1.807) is 13.8 Å². The Morgan fingerprint density at radius 3 is 2.74 bits per heavy atom. The molecule has 1 aromatic carbocycles. The van der Waals surface area contributed by atoms with Gasteiger partial charge in [0.2, 0.25) is 6.79 Å². The number of rotatable bonds is 4. The van der Waals surface area contributed by atoms with E-state index >= 15 is 0 Å². The first-order valence-corrected chi connectivity index (χ1v) is 6.19. The summed E-state index contributed by atoms with van der Waals surface area (Å²) in [7, 11) is 1.39. The van der Waals surface area contributed by atoms with E-state index in [1.165, 1.54) is 7.11 Å². The topological polar surface area (TPSA) is 56.8 Å². The molecule has 5 nitrogen and oxygen atoms in total. The van der Waals surface area contributed by atoms with Gasteiger partial charge in [0, 0.05) is 6.04 Å². The molecule has 0 amide bonds. The van der Waals surface area contributed by atoms with Crippen molar-refractivity contribution in [2.45, 2.75) is 32.4 Å². The third kappa shape index (κ3) is 2.81. The Labute approximate surface area is 112 Å². The molecule has 0 saturated heterocycles. The number of nitrogens with one attached hydrogen (secondary N) is 1. The van der Waals surface area contributed by atoms with Crippen LogP contribution in [0.15, 0.2) is 18.2 Å². The summed E-state index contributed by atoms with van der Waals surface area (Å²) in [6, 6.07) is 5.75. The Bertz CT molecular complexity index is 484. The lowest BCUT2D eigenvalue weighted by Crippen LogP contribution is -2.48. The number of carbonyl (C=O) groups excluding carboxylic acids is 1. The molecular weight excluding hydrogens is 246 g/mol. The SMILES string of the molecule is COC(=O)C(C)(C)NC(C)c1ccc2c(c1)OCO2. The molecule has 1 aromatic rings. The first-order valence-electron chi connectivity index (χ1n) is 6.19. The van der Waals surface area contributed by atoms with Crippen molar-refractivity contribution in [2.24, 2.45) is 0 Å². The van der Waals surface area contributed by atoms with Crippen molar-refractivity contribution in [3.05, 3.63) is 23.8 Å². The molecule has 5 heteroatoms. The molecular formula is C14H19NO4. The minimum Gasteiger partial charge on any atom is -0.468 e. The fourth-order valence-corrected chi connectivity index (χ4v) is 2.12. The molecule has 1 atom stereocenters. The van der Waals surface area contributed by atoms with E-state index in [9.17, 15) is 4.79 Å². The molecule has 1 aliphatic rings. The third-order valence-corrected chi connectivity index (χ3v) is 3.17. The predicted molar refractivity (Wildman–Crippen MR) is 70.2 cm³/mol. The van der Waals surface area contributed by atoms with Gasteiger partial charge in [-0.1, -0.05) is 6.07 Å². The van der Waals surface area contributed by atoms with Gasteiger partial charge in [-0.05, 0) is 38.5 Å². The Hall–Kier alpha value is -1.75. The fourth-order valence-electron chi connectivity index (χ4n) is 2.12. The van der Waals surface area contributed by atoms with Gasteiger partial charge in [0.05, 0.1) is 7.11 Å². The van der Waals surface area contributed by atoms with E-state index in [0.29, 0.717) is 0 Å². The maximum Gasteiger partial charge on any atom is 0.325 e. The van der Waals surface area contributed by atoms with Gasteiger partial charge in [0.25, 0.3) is 0 Å². The van der Waals surface area contributed by atoms with Gasteiger partial charge < -0.3 is 14.2 Å². The summed E-state index contributed by atoms with van der Waals surface area (Å²) in [6.45, 7) is 5.83. The van der Waals surface area contributed by atoms with Crippen LogP contribution in [0.3, 0.4) is 0 Å². The zero-order valence-corrected chi connectivity index (χ0v) is 11.6. The molecule has 0 aromatic heterocycles. The van der Waals surface area contributed by atoms with Crippen LogP contribution in [0.5, 0.6) is 11.5 Å². The van der Waals surface area contributed by atoms with Crippen LogP contribution in [0.25, 0.3) is 0 Å². The summed E-state index contributed by atoms with van der Waals surface area (Å²) < 4.78 is 15.4. The highest BCUT2D eigenvalue weighted by Gasteiger charge is 2.30. The van der Waals surface area contributed by atoms with Gasteiger partial charge in [-0.3, -0.25) is 10.1 Å². The smallest absolute Gasteiger partial charge is 0.325 e. The fraction of sp³-hybridized carbons (Fsp3) is 0.500. The molecule has 1 unspecified atom stereocenters. The summed E-state index contributed by atoms with van der Waals surface area (Å²) in [5.41, 5.74) is 0.283. The number of methoxy groups -OCH3 is 1. The third-order valence-electron chi connectivity index (χ3n) is 3.17. The summed E-state index contributed by atoms with van der Waals surface area (Å²) in [6.07, 6.45) is 0. The van der Waals surface area contributed by atoms with Crippen molar-refractivity contribution in [3.63, 3.8) is 0 Å². The number of esters is 1. The van der Waals surface area contributed by atoms with Gasteiger partial charge in [-0.25, -0.2) is 0 Å². The molecule has 19 heavy (non-hydrogen) atoms. The van der Waals surface area contributed by atoms with E-state index in [-0.39, 0.29) is 18.8 Å². The summed E-state index contributed by atoms with van der Waals surface area (Å²) in [5.74, 6) is 1.20. The largest absolute Gasteiger partial charge is 0.468 e. The van der Waals surface area contributed by atoms with Crippen LogP contribution < -0.4 is 14.8 Å². The molecule has 0 saturated carbocycles. The quantitative estimate of drug-likeness (QED) is 0.844. The minimum absolute atomic E-state index is 0.0106. The van der Waals surface area contributed by atoms with Crippen LogP contribution in [0.2, 0.25) is 0 Å². The number of hydrogen-bond donors (Lipinski definition) is 1. The maximum atomic E-state index is 11.7. The van der Waals surface area contributed by atoms with E-state index < -0.39 is 5.54 Å². The molecule has 2 rings (SSSR count). The van der Waals surface area contributed by atoms with Gasteiger partial charge in [-0.15, -0.1) is 0 Å². The average Bonchev–Trinajstić information content (AvgIpc) is 2.84. The predicted octanol–water partition coefficient (Wildman–Crippen LogP) is 2.02. The molecule has 1 heterocycles. The summed E-state index contributed by atoms with van der Waals surface area (Å²) >= 11 is 0. The number of carbonyl (C=O) groups is 1. The molecule has 1 N–H and O–H groups in total. The Kier molecular flexibility index (Phi) is 3.66. The normalized spacial score (nSPS) is 15.2. The van der Waals surface area contributed by atoms with Gasteiger partial charge in [0.1, 0.15) is 5.54 Å². The lowest BCUT2D eigenvalue weighted by atomic mass is 10.0. The lowest BCUT2D eigenvalue weighted by Gasteiger charge is -2.27. The highest BCUT2D eigenvalue weighted by Crippen LogP contribution is 2.34. The van der Waals surface area contributed by atoms with Crippen molar-refractivity contribution in [2.75, 3.05) is 13.9 Å². The Morgan fingerprint density at radius 2 is 2.05 bits per heavy atom. The minimum atomic E-state index is -0.745. The highest BCUT2D eigenvalue weighted by molar-refractivity contribution is 5.79. The van der Waals surface area contributed by atoms with Gasteiger partial charge in [0.15, 0.2) is 11.5 Å². The van der Waals surface area contributed by atoms with Crippen molar-refractivity contribution >= 4 is 5.97 Å². The van der Waals surface area contributed by atoms with Crippen LogP contribution >= 0.6 is 0 Å². The van der Waals surface area contributed by atoms with Crippen LogP contribution in [0, 0.1) is 0 Å². The first-order chi connectivity index (χ1) is 8.94. The lowest BCUT2D eigenvalue weighted by molar-refractivity contribution is -0.147. The van der Waals surface area contributed by atoms with Crippen LogP contribution in [0.1, 0.15) is 32.4 Å². The van der Waals surface area contributed by atoms with Crippen molar-refractivity contribution in [1.29, 1.82) is 0 Å². The second-order valence-corrected chi connectivity index (χ2v) is 5.10. The number of hydrogen-bond acceptors (Lipinski definition) is 5. The van der Waals surface area contributed by atoms with Crippen molar-refractivity contribution in [1.82, 2.24) is 5.32 Å². The van der Waals surface area contributed by atoms with E-state index in [1.807, 2.05) is 25.1 Å². The zero-order chi connectivity index (χ0) is 14.0. The van der Waals surface area contributed by atoms with E-state index in [4.69, 9.17) is 14.2 Å². The van der Waals surface area contributed by atoms with E-state index in [2.05, 4.69) is 5.32 Å². The number of fused-ring (bicyclic) bond motifs is 1. The maximum absolute atomic E-state index is 11.7. The monoisotopic (exact) mass is 265 g/mol. The van der Waals surface area contributed by atoms with Crippen LogP contribution in [-0.4, -0.2) is 25.4 Å². The standard InChI is InChI=1S/C14H19NO4/c1-9(15-14(2,3)13(16)17-4)10-5-6-11-12(7-10)19-8-18-11/h5-7,9,15H,8H2,1-4H3. The molecule has 104 valence electrons. The molecule has 0 fully saturated rings. The number of ether oxygens (including phenoxy) is 3. The van der Waals surface area contributed by atoms with Gasteiger partial charge in [-0.2, -0.15) is 0 Å². The second kappa shape index (κ2) is 5.09. The van der Waals surface area contributed by atoms with Crippen LogP contribution in [0.4, 0.5) is 0 Å². The number of benzene rings is 1. The first kappa shape index (κ1) is 13.7.